The van der Waals surface area contributed by atoms with E-state index in [1.165, 1.54) is 17.3 Å². The molecule has 0 aromatic carbocycles. The number of hydrogen-bond acceptors (Lipinski definition) is 1. The minimum atomic E-state index is 0.622. The van der Waals surface area contributed by atoms with Crippen molar-refractivity contribution >= 4 is 22.6 Å². The maximum Gasteiger partial charge on any atom is 0.0604 e. The average Bonchev–Trinajstić information content (AvgIpc) is 1.55. The van der Waals surface area contributed by atoms with E-state index in [0.717, 1.165) is 6.61 Å². The van der Waals surface area contributed by atoms with Crippen LogP contribution < -0.4 is 0 Å². The third-order valence-electron chi connectivity index (χ3n) is 1.22. The molecule has 1 saturated heterocycles. The molecule has 7 heavy (non-hydrogen) atoms. The van der Waals surface area contributed by atoms with E-state index in [9.17, 15) is 0 Å². The number of alkyl halides is 1. The normalized spacial score (nSPS) is 29.6. The highest BCUT2D eigenvalue weighted by atomic mass is 127. The third-order valence-corrected chi connectivity index (χ3v) is 1.85. The Hall–Kier alpha value is 0.690. The lowest BCUT2D eigenvalue weighted by molar-refractivity contribution is -0.0505. The molecule has 0 aromatic rings. The second kappa shape index (κ2) is 2.87. The molecule has 1 aliphatic rings. The molecule has 42 valence electrons. The van der Waals surface area contributed by atoms with Crippen LogP contribution in [-0.2, 0) is 4.74 Å². The van der Waals surface area contributed by atoms with Crippen LogP contribution in [0, 0.1) is 0 Å². The van der Waals surface area contributed by atoms with Gasteiger partial charge in [0, 0.05) is 11.0 Å². The van der Waals surface area contributed by atoms with E-state index in [4.69, 9.17) is 4.74 Å². The van der Waals surface area contributed by atoms with Gasteiger partial charge < -0.3 is 4.74 Å². The van der Waals surface area contributed by atoms with E-state index in [2.05, 4.69) is 22.6 Å². The maximum atomic E-state index is 5.17. The van der Waals surface area contributed by atoms with Crippen molar-refractivity contribution < 1.29 is 4.74 Å². The zero-order valence-electron chi connectivity index (χ0n) is 4.19. The molecule has 1 heterocycles. The first-order valence-electron chi connectivity index (χ1n) is 2.61. The van der Waals surface area contributed by atoms with Crippen molar-refractivity contribution in [2.45, 2.75) is 18.9 Å². The summed E-state index contributed by atoms with van der Waals surface area (Å²) in [5.74, 6) is 0. The molecule has 1 rings (SSSR count). The summed E-state index contributed by atoms with van der Waals surface area (Å²) in [7, 11) is 0. The standard InChI is InChI=1S/C5H9IO/c6-3-1-5-2-4-7-5/h5H,1-4H2. The fraction of sp³-hybridized carbons (Fsp3) is 1.00. The SMILES string of the molecule is ICCC1CCO1. The minimum Gasteiger partial charge on any atom is -0.378 e. The highest BCUT2D eigenvalue weighted by molar-refractivity contribution is 14.1. The van der Waals surface area contributed by atoms with Gasteiger partial charge in [0.1, 0.15) is 0 Å². The number of ether oxygens (including phenoxy) is 1. The molecule has 0 aliphatic carbocycles. The van der Waals surface area contributed by atoms with Crippen LogP contribution >= 0.6 is 22.6 Å². The molecule has 2 heteroatoms. The zero-order valence-corrected chi connectivity index (χ0v) is 6.35. The lowest BCUT2D eigenvalue weighted by Crippen LogP contribution is -2.26. The molecule has 0 N–H and O–H groups in total. The van der Waals surface area contributed by atoms with Gasteiger partial charge in [0.15, 0.2) is 0 Å². The van der Waals surface area contributed by atoms with Gasteiger partial charge in [-0.2, -0.15) is 0 Å². The van der Waals surface area contributed by atoms with E-state index < -0.39 is 0 Å². The highest BCUT2D eigenvalue weighted by Gasteiger charge is 2.15. The fourth-order valence-electron chi connectivity index (χ4n) is 0.634. The minimum absolute atomic E-state index is 0.622. The lowest BCUT2D eigenvalue weighted by Gasteiger charge is -2.25. The molecule has 0 saturated carbocycles. The number of hydrogen-bond donors (Lipinski definition) is 0. The summed E-state index contributed by atoms with van der Waals surface area (Å²) in [6, 6.07) is 0. The Balaban J connectivity index is 1.93. The smallest absolute Gasteiger partial charge is 0.0604 e. The van der Waals surface area contributed by atoms with Gasteiger partial charge in [-0.25, -0.2) is 0 Å². The summed E-state index contributed by atoms with van der Waals surface area (Å²) in [4.78, 5) is 0. The van der Waals surface area contributed by atoms with Gasteiger partial charge >= 0.3 is 0 Å². The molecule has 0 bridgehead atoms. The van der Waals surface area contributed by atoms with Gasteiger partial charge in [0.05, 0.1) is 6.10 Å². The highest BCUT2D eigenvalue weighted by Crippen LogP contribution is 2.14. The van der Waals surface area contributed by atoms with Crippen molar-refractivity contribution in [1.82, 2.24) is 0 Å². The Labute approximate surface area is 57.6 Å². The monoisotopic (exact) mass is 212 g/mol. The largest absolute Gasteiger partial charge is 0.378 e. The van der Waals surface area contributed by atoms with Crippen molar-refractivity contribution in [2.24, 2.45) is 0 Å². The van der Waals surface area contributed by atoms with E-state index in [1.54, 1.807) is 0 Å². The van der Waals surface area contributed by atoms with Gasteiger partial charge in [0.2, 0.25) is 0 Å². The van der Waals surface area contributed by atoms with Crippen LogP contribution in [0.5, 0.6) is 0 Å². The van der Waals surface area contributed by atoms with Crippen LogP contribution in [0.2, 0.25) is 0 Å². The molecule has 0 spiro atoms. The van der Waals surface area contributed by atoms with Gasteiger partial charge in [-0.3, -0.25) is 0 Å². The number of rotatable bonds is 2. The molecule has 0 aromatic heterocycles. The molecule has 1 fully saturated rings. The van der Waals surface area contributed by atoms with Crippen LogP contribution in [0.25, 0.3) is 0 Å². The lowest BCUT2D eigenvalue weighted by atomic mass is 10.1. The second-order valence-corrected chi connectivity index (χ2v) is 2.84. The van der Waals surface area contributed by atoms with Crippen molar-refractivity contribution in [2.75, 3.05) is 11.0 Å². The summed E-state index contributed by atoms with van der Waals surface area (Å²) >= 11 is 2.38. The first kappa shape index (κ1) is 5.82. The first-order valence-corrected chi connectivity index (χ1v) is 4.13. The van der Waals surface area contributed by atoms with Crippen LogP contribution in [-0.4, -0.2) is 17.1 Å². The van der Waals surface area contributed by atoms with Gasteiger partial charge in [-0.05, 0) is 12.8 Å². The average molecular weight is 212 g/mol. The van der Waals surface area contributed by atoms with Crippen LogP contribution in [0.15, 0.2) is 0 Å². The molecule has 0 radical (unpaired) electrons. The molecular weight excluding hydrogens is 203 g/mol. The summed E-state index contributed by atoms with van der Waals surface area (Å²) in [5.41, 5.74) is 0. The van der Waals surface area contributed by atoms with Crippen LogP contribution in [0.3, 0.4) is 0 Å². The third kappa shape index (κ3) is 1.57. The fourth-order valence-corrected chi connectivity index (χ4v) is 1.33. The maximum absolute atomic E-state index is 5.17. The molecule has 1 nitrogen and oxygen atoms in total. The molecule has 0 amide bonds. The topological polar surface area (TPSA) is 9.23 Å². The van der Waals surface area contributed by atoms with E-state index >= 15 is 0 Å². The quantitative estimate of drug-likeness (QED) is 0.499. The van der Waals surface area contributed by atoms with Gasteiger partial charge in [-0.15, -0.1) is 0 Å². The van der Waals surface area contributed by atoms with E-state index in [-0.39, 0.29) is 0 Å². The van der Waals surface area contributed by atoms with Crippen molar-refractivity contribution in [3.63, 3.8) is 0 Å². The zero-order chi connectivity index (χ0) is 5.11. The summed E-state index contributed by atoms with van der Waals surface area (Å²) in [6.45, 7) is 1.00. The second-order valence-electron chi connectivity index (χ2n) is 1.76. The molecular formula is C5H9IO. The van der Waals surface area contributed by atoms with E-state index in [1.807, 2.05) is 0 Å². The van der Waals surface area contributed by atoms with Gasteiger partial charge in [0.25, 0.3) is 0 Å². The van der Waals surface area contributed by atoms with Crippen molar-refractivity contribution in [1.29, 1.82) is 0 Å². The predicted octanol–water partition coefficient (Wildman–Crippen LogP) is 1.60. The summed E-state index contributed by atoms with van der Waals surface area (Å²) in [6.07, 6.45) is 3.17. The van der Waals surface area contributed by atoms with E-state index in [0.29, 0.717) is 6.10 Å². The Morgan fingerprint density at radius 3 is 2.57 bits per heavy atom. The van der Waals surface area contributed by atoms with Gasteiger partial charge in [-0.1, -0.05) is 22.6 Å². The molecule has 1 unspecified atom stereocenters. The number of halogens is 1. The Morgan fingerprint density at radius 1 is 1.71 bits per heavy atom. The predicted molar refractivity (Wildman–Crippen MR) is 37.9 cm³/mol. The Bertz CT molecular complexity index is 52.0. The molecule has 1 aliphatic heterocycles. The Morgan fingerprint density at radius 2 is 2.43 bits per heavy atom. The summed E-state index contributed by atoms with van der Waals surface area (Å²) in [5, 5.41) is 0. The molecule has 1 atom stereocenters. The Kier molecular flexibility index (Phi) is 2.38. The summed E-state index contributed by atoms with van der Waals surface area (Å²) < 4.78 is 6.40. The van der Waals surface area contributed by atoms with Crippen molar-refractivity contribution in [3.05, 3.63) is 0 Å². The first-order chi connectivity index (χ1) is 3.43. The van der Waals surface area contributed by atoms with Crippen LogP contribution in [0.1, 0.15) is 12.8 Å². The van der Waals surface area contributed by atoms with Crippen molar-refractivity contribution in [3.8, 4) is 0 Å². The van der Waals surface area contributed by atoms with Crippen LogP contribution in [0.4, 0.5) is 0 Å².